The molecule has 0 radical (unpaired) electrons. The Morgan fingerprint density at radius 3 is 2.52 bits per heavy atom. The lowest BCUT2D eigenvalue weighted by atomic mass is 10.0. The highest BCUT2D eigenvalue weighted by molar-refractivity contribution is 5.79. The van der Waals surface area contributed by atoms with Gasteiger partial charge >= 0.3 is 6.09 Å². The Morgan fingerprint density at radius 1 is 1.17 bits per heavy atom. The molecule has 0 atom stereocenters. The number of amides is 1. The number of carbonyl (C=O) groups is 1. The van der Waals surface area contributed by atoms with Crippen LogP contribution in [0.2, 0.25) is 0 Å². The van der Waals surface area contributed by atoms with Gasteiger partial charge in [0, 0.05) is 25.7 Å². The Bertz CT molecular complexity index is 994. The van der Waals surface area contributed by atoms with Crippen LogP contribution in [0.5, 0.6) is 0 Å². The first-order valence-electron chi connectivity index (χ1n) is 10.0. The van der Waals surface area contributed by atoms with Crippen LogP contribution in [-0.2, 0) is 6.54 Å². The molecule has 0 spiro atoms. The highest BCUT2D eigenvalue weighted by atomic mass is 19.1. The zero-order valence-corrected chi connectivity index (χ0v) is 16.5. The summed E-state index contributed by atoms with van der Waals surface area (Å²) in [6, 6.07) is 14.6. The summed E-state index contributed by atoms with van der Waals surface area (Å²) in [6.45, 7) is 4.49. The monoisotopic (exact) mass is 396 g/mol. The maximum atomic E-state index is 13.3. The molecule has 6 nitrogen and oxygen atoms in total. The third kappa shape index (κ3) is 3.90. The predicted molar refractivity (Wildman–Crippen MR) is 111 cm³/mol. The average Bonchev–Trinajstić information content (AvgIpc) is 3.09. The summed E-state index contributed by atoms with van der Waals surface area (Å²) in [5.41, 5.74) is 2.97. The number of halogens is 1. The highest BCUT2D eigenvalue weighted by Gasteiger charge is 2.28. The van der Waals surface area contributed by atoms with E-state index in [-0.39, 0.29) is 11.9 Å². The van der Waals surface area contributed by atoms with Crippen molar-refractivity contribution in [2.45, 2.75) is 32.4 Å². The van der Waals surface area contributed by atoms with Gasteiger partial charge in [0.25, 0.3) is 0 Å². The number of para-hydroxylation sites is 2. The molecule has 1 fully saturated rings. The van der Waals surface area contributed by atoms with Crippen molar-refractivity contribution in [3.8, 4) is 0 Å². The number of aromatic nitrogens is 2. The van der Waals surface area contributed by atoms with E-state index in [2.05, 4.69) is 9.47 Å². The number of hydrogen-bond acceptors (Lipinski definition) is 3. The SMILES string of the molecule is CCN(C(=O)O)C1CCN(c2nc3ccccc3n2Cc2ccc(F)cc2)CC1. The molecule has 1 saturated heterocycles. The van der Waals surface area contributed by atoms with Gasteiger partial charge in [-0.2, -0.15) is 0 Å². The predicted octanol–water partition coefficient (Wildman–Crippen LogP) is 4.19. The number of rotatable bonds is 5. The van der Waals surface area contributed by atoms with Crippen molar-refractivity contribution in [3.63, 3.8) is 0 Å². The molecule has 2 heterocycles. The second-order valence-electron chi connectivity index (χ2n) is 7.40. The van der Waals surface area contributed by atoms with Crippen molar-refractivity contribution in [3.05, 3.63) is 59.9 Å². The third-order valence-corrected chi connectivity index (χ3v) is 5.66. The summed E-state index contributed by atoms with van der Waals surface area (Å²) in [6.07, 6.45) is 0.703. The zero-order valence-electron chi connectivity index (χ0n) is 16.5. The lowest BCUT2D eigenvalue weighted by molar-refractivity contribution is 0.119. The van der Waals surface area contributed by atoms with E-state index in [1.54, 1.807) is 12.1 Å². The second kappa shape index (κ2) is 8.11. The third-order valence-electron chi connectivity index (χ3n) is 5.66. The maximum Gasteiger partial charge on any atom is 0.407 e. The summed E-state index contributed by atoms with van der Waals surface area (Å²) in [5, 5.41) is 9.40. The molecule has 0 bridgehead atoms. The minimum Gasteiger partial charge on any atom is -0.465 e. The average molecular weight is 396 g/mol. The van der Waals surface area contributed by atoms with Crippen LogP contribution in [0, 0.1) is 5.82 Å². The number of fused-ring (bicyclic) bond motifs is 1. The molecule has 0 saturated carbocycles. The van der Waals surface area contributed by atoms with E-state index in [1.807, 2.05) is 31.2 Å². The smallest absolute Gasteiger partial charge is 0.407 e. The number of nitrogens with zero attached hydrogens (tertiary/aromatic N) is 4. The van der Waals surface area contributed by atoms with Gasteiger partial charge in [0.15, 0.2) is 0 Å². The van der Waals surface area contributed by atoms with Gasteiger partial charge in [-0.15, -0.1) is 0 Å². The minimum atomic E-state index is -0.852. The van der Waals surface area contributed by atoms with Gasteiger partial charge in [-0.3, -0.25) is 0 Å². The van der Waals surface area contributed by atoms with Crippen molar-refractivity contribution in [2.75, 3.05) is 24.5 Å². The van der Waals surface area contributed by atoms with Gasteiger partial charge in [0.2, 0.25) is 5.95 Å². The topological polar surface area (TPSA) is 61.6 Å². The molecule has 0 unspecified atom stereocenters. The molecular weight excluding hydrogens is 371 g/mol. The lowest BCUT2D eigenvalue weighted by Crippen LogP contribution is -2.47. The minimum absolute atomic E-state index is 0.0451. The molecule has 1 aliphatic rings. The number of hydrogen-bond donors (Lipinski definition) is 1. The van der Waals surface area contributed by atoms with Crippen LogP contribution in [0.25, 0.3) is 11.0 Å². The van der Waals surface area contributed by atoms with Crippen LogP contribution in [-0.4, -0.2) is 51.3 Å². The first kappa shape index (κ1) is 19.2. The molecule has 4 rings (SSSR count). The van der Waals surface area contributed by atoms with Gasteiger partial charge in [-0.05, 0) is 49.6 Å². The number of anilines is 1. The summed E-state index contributed by atoms with van der Waals surface area (Å²) in [5.74, 6) is 0.637. The summed E-state index contributed by atoms with van der Waals surface area (Å²) in [7, 11) is 0. The largest absolute Gasteiger partial charge is 0.465 e. The Labute approximate surface area is 169 Å². The van der Waals surface area contributed by atoms with Crippen molar-refractivity contribution in [1.82, 2.24) is 14.5 Å². The Morgan fingerprint density at radius 2 is 1.86 bits per heavy atom. The summed E-state index contributed by atoms with van der Waals surface area (Å²) < 4.78 is 15.5. The molecule has 0 aliphatic carbocycles. The van der Waals surface area contributed by atoms with Crippen molar-refractivity contribution >= 4 is 23.1 Å². The fraction of sp³-hybridized carbons (Fsp3) is 0.364. The molecule has 1 aliphatic heterocycles. The Hall–Kier alpha value is -3.09. The van der Waals surface area contributed by atoms with Crippen molar-refractivity contribution in [2.24, 2.45) is 0 Å². The standard InChI is InChI=1S/C22H25FN4O2/c1-2-26(22(28)29)18-11-13-25(14-12-18)21-24-19-5-3-4-6-20(19)27(21)15-16-7-9-17(23)10-8-16/h3-10,18H,2,11-15H2,1H3,(H,28,29). The van der Waals surface area contributed by atoms with E-state index in [4.69, 9.17) is 4.98 Å². The molecule has 7 heteroatoms. The molecule has 152 valence electrons. The second-order valence-corrected chi connectivity index (χ2v) is 7.40. The van der Waals surface area contributed by atoms with E-state index in [0.717, 1.165) is 48.5 Å². The van der Waals surface area contributed by atoms with E-state index in [1.165, 1.54) is 17.0 Å². The number of benzene rings is 2. The lowest BCUT2D eigenvalue weighted by Gasteiger charge is -2.37. The van der Waals surface area contributed by atoms with Gasteiger partial charge < -0.3 is 19.5 Å². The molecule has 3 aromatic rings. The van der Waals surface area contributed by atoms with E-state index >= 15 is 0 Å². The number of imidazole rings is 1. The zero-order chi connectivity index (χ0) is 20.4. The van der Waals surface area contributed by atoms with Crippen LogP contribution in [0.4, 0.5) is 15.1 Å². The molecular formula is C22H25FN4O2. The first-order valence-corrected chi connectivity index (χ1v) is 10.0. The van der Waals surface area contributed by atoms with Crippen molar-refractivity contribution in [1.29, 1.82) is 0 Å². The highest BCUT2D eigenvalue weighted by Crippen LogP contribution is 2.27. The Kier molecular flexibility index (Phi) is 5.38. The van der Waals surface area contributed by atoms with Gasteiger partial charge in [0.1, 0.15) is 5.82 Å². The fourth-order valence-corrected chi connectivity index (χ4v) is 4.16. The molecule has 29 heavy (non-hydrogen) atoms. The van der Waals surface area contributed by atoms with Gasteiger partial charge in [-0.1, -0.05) is 24.3 Å². The first-order chi connectivity index (χ1) is 14.1. The van der Waals surface area contributed by atoms with Crippen LogP contribution in [0.15, 0.2) is 48.5 Å². The van der Waals surface area contributed by atoms with E-state index in [9.17, 15) is 14.3 Å². The van der Waals surface area contributed by atoms with Gasteiger partial charge in [-0.25, -0.2) is 14.2 Å². The van der Waals surface area contributed by atoms with Crippen LogP contribution >= 0.6 is 0 Å². The summed E-state index contributed by atoms with van der Waals surface area (Å²) in [4.78, 5) is 20.1. The van der Waals surface area contributed by atoms with Crippen molar-refractivity contribution < 1.29 is 14.3 Å². The number of carboxylic acid groups (broad SMARTS) is 1. The van der Waals surface area contributed by atoms with E-state index < -0.39 is 6.09 Å². The summed E-state index contributed by atoms with van der Waals surface area (Å²) >= 11 is 0. The molecule has 1 aromatic heterocycles. The maximum absolute atomic E-state index is 13.3. The molecule has 2 aromatic carbocycles. The Balaban J connectivity index is 1.61. The van der Waals surface area contributed by atoms with E-state index in [0.29, 0.717) is 13.1 Å². The van der Waals surface area contributed by atoms with Crippen LogP contribution < -0.4 is 4.90 Å². The normalized spacial score (nSPS) is 15.0. The van der Waals surface area contributed by atoms with Gasteiger partial charge in [0.05, 0.1) is 17.6 Å². The number of piperidine rings is 1. The fourth-order valence-electron chi connectivity index (χ4n) is 4.16. The molecule has 1 amide bonds. The van der Waals surface area contributed by atoms with Crippen LogP contribution in [0.3, 0.4) is 0 Å². The van der Waals surface area contributed by atoms with Crippen LogP contribution in [0.1, 0.15) is 25.3 Å². The molecule has 1 N–H and O–H groups in total. The quantitative estimate of drug-likeness (QED) is 0.702.